The minimum Gasteiger partial charge on any atom is -0.497 e. The molecule has 1 atom stereocenters. The van der Waals surface area contributed by atoms with Crippen LogP contribution in [0.15, 0.2) is 18.2 Å². The highest BCUT2D eigenvalue weighted by Gasteiger charge is 2.14. The molecule has 0 aliphatic heterocycles. The lowest BCUT2D eigenvalue weighted by Crippen LogP contribution is -2.29. The fourth-order valence-corrected chi connectivity index (χ4v) is 1.65. The number of aryl methyl sites for hydroxylation is 1. The molecular formula is C13H19NO3. The summed E-state index contributed by atoms with van der Waals surface area (Å²) in [7, 11) is 3.08. The van der Waals surface area contributed by atoms with Gasteiger partial charge in [-0.3, -0.25) is 9.63 Å². The first kappa shape index (κ1) is 13.5. The summed E-state index contributed by atoms with van der Waals surface area (Å²) < 4.78 is 5.14. The summed E-state index contributed by atoms with van der Waals surface area (Å²) in [5.41, 5.74) is 4.61. The smallest absolute Gasteiger partial charge is 0.246 e. The summed E-state index contributed by atoms with van der Waals surface area (Å²) >= 11 is 0. The van der Waals surface area contributed by atoms with Gasteiger partial charge in [-0.05, 0) is 36.6 Å². The molecule has 0 aliphatic rings. The highest BCUT2D eigenvalue weighted by molar-refractivity contribution is 5.77. The lowest BCUT2D eigenvalue weighted by Gasteiger charge is -2.13. The lowest BCUT2D eigenvalue weighted by molar-refractivity contribution is -0.134. The van der Waals surface area contributed by atoms with Crippen molar-refractivity contribution in [2.45, 2.75) is 20.3 Å². The Morgan fingerprint density at radius 3 is 2.65 bits per heavy atom. The van der Waals surface area contributed by atoms with Gasteiger partial charge in [-0.2, -0.15) is 0 Å². The van der Waals surface area contributed by atoms with Gasteiger partial charge in [0.15, 0.2) is 0 Å². The Kier molecular flexibility index (Phi) is 4.97. The third kappa shape index (κ3) is 3.75. The number of ether oxygens (including phenoxy) is 1. The third-order valence-electron chi connectivity index (χ3n) is 2.73. The minimum absolute atomic E-state index is 0.109. The average Bonchev–Trinajstić information content (AvgIpc) is 2.31. The van der Waals surface area contributed by atoms with E-state index in [4.69, 9.17) is 4.74 Å². The number of hydrogen-bond donors (Lipinski definition) is 1. The molecule has 94 valence electrons. The highest BCUT2D eigenvalue weighted by atomic mass is 16.6. The zero-order valence-corrected chi connectivity index (χ0v) is 10.7. The van der Waals surface area contributed by atoms with Crippen LogP contribution in [0.1, 0.15) is 18.1 Å². The van der Waals surface area contributed by atoms with E-state index in [1.54, 1.807) is 7.11 Å². The van der Waals surface area contributed by atoms with Crippen LogP contribution in [-0.2, 0) is 16.1 Å². The topological polar surface area (TPSA) is 47.6 Å². The molecule has 0 saturated carbocycles. The second-order valence-corrected chi connectivity index (χ2v) is 4.07. The predicted octanol–water partition coefficient (Wildman–Crippen LogP) is 1.86. The first-order chi connectivity index (χ1) is 8.08. The summed E-state index contributed by atoms with van der Waals surface area (Å²) in [6.07, 6.45) is 0.686. The SMILES string of the molecule is CONC(=O)[C@@H](C)Cc1ccc(OC)cc1C. The zero-order chi connectivity index (χ0) is 12.8. The molecule has 1 N–H and O–H groups in total. The fourth-order valence-electron chi connectivity index (χ4n) is 1.65. The van der Waals surface area contributed by atoms with Crippen molar-refractivity contribution in [3.05, 3.63) is 29.3 Å². The van der Waals surface area contributed by atoms with Crippen molar-refractivity contribution in [3.8, 4) is 5.75 Å². The largest absolute Gasteiger partial charge is 0.497 e. The summed E-state index contributed by atoms with van der Waals surface area (Å²) in [4.78, 5) is 16.1. The first-order valence-electron chi connectivity index (χ1n) is 5.54. The van der Waals surface area contributed by atoms with Crippen LogP contribution in [-0.4, -0.2) is 20.1 Å². The van der Waals surface area contributed by atoms with Crippen LogP contribution in [0.5, 0.6) is 5.75 Å². The standard InChI is InChI=1S/C13H19NO3/c1-9-8-12(16-3)6-5-11(9)7-10(2)13(15)14-17-4/h5-6,8,10H,7H2,1-4H3,(H,14,15)/t10-/m0/s1. The van der Waals surface area contributed by atoms with Crippen LogP contribution in [0, 0.1) is 12.8 Å². The van der Waals surface area contributed by atoms with Crippen molar-refractivity contribution in [2.24, 2.45) is 5.92 Å². The van der Waals surface area contributed by atoms with E-state index in [0.29, 0.717) is 6.42 Å². The molecular weight excluding hydrogens is 218 g/mol. The maximum atomic E-state index is 11.5. The molecule has 0 unspecified atom stereocenters. The molecule has 1 aromatic carbocycles. The second-order valence-electron chi connectivity index (χ2n) is 4.07. The van der Waals surface area contributed by atoms with E-state index in [0.717, 1.165) is 16.9 Å². The molecule has 0 radical (unpaired) electrons. The maximum absolute atomic E-state index is 11.5. The van der Waals surface area contributed by atoms with Gasteiger partial charge in [-0.15, -0.1) is 0 Å². The molecule has 4 heteroatoms. The van der Waals surface area contributed by atoms with Crippen LogP contribution in [0.2, 0.25) is 0 Å². The van der Waals surface area contributed by atoms with Crippen LogP contribution < -0.4 is 10.2 Å². The van der Waals surface area contributed by atoms with Gasteiger partial charge in [0.25, 0.3) is 0 Å². The zero-order valence-electron chi connectivity index (χ0n) is 10.7. The predicted molar refractivity (Wildman–Crippen MR) is 65.8 cm³/mol. The molecule has 17 heavy (non-hydrogen) atoms. The number of carbonyl (C=O) groups excluding carboxylic acids is 1. The molecule has 0 spiro atoms. The first-order valence-corrected chi connectivity index (χ1v) is 5.54. The van der Waals surface area contributed by atoms with Crippen LogP contribution in [0.4, 0.5) is 0 Å². The van der Waals surface area contributed by atoms with Crippen LogP contribution in [0.25, 0.3) is 0 Å². The Hall–Kier alpha value is -1.55. The van der Waals surface area contributed by atoms with Gasteiger partial charge in [-0.25, -0.2) is 5.48 Å². The maximum Gasteiger partial charge on any atom is 0.246 e. The fraction of sp³-hybridized carbons (Fsp3) is 0.462. The van der Waals surface area contributed by atoms with Crippen molar-refractivity contribution in [1.29, 1.82) is 0 Å². The van der Waals surface area contributed by atoms with Gasteiger partial charge in [-0.1, -0.05) is 13.0 Å². The van der Waals surface area contributed by atoms with Crippen molar-refractivity contribution in [1.82, 2.24) is 5.48 Å². The van der Waals surface area contributed by atoms with Gasteiger partial charge < -0.3 is 4.74 Å². The quantitative estimate of drug-likeness (QED) is 0.795. The van der Waals surface area contributed by atoms with Crippen molar-refractivity contribution in [2.75, 3.05) is 14.2 Å². The van der Waals surface area contributed by atoms with Gasteiger partial charge in [0.05, 0.1) is 14.2 Å². The van der Waals surface area contributed by atoms with E-state index in [1.165, 1.54) is 7.11 Å². The van der Waals surface area contributed by atoms with Crippen molar-refractivity contribution >= 4 is 5.91 Å². The number of amides is 1. The van der Waals surface area contributed by atoms with Crippen molar-refractivity contribution < 1.29 is 14.4 Å². The van der Waals surface area contributed by atoms with Gasteiger partial charge in [0.2, 0.25) is 5.91 Å². The molecule has 4 nitrogen and oxygen atoms in total. The van der Waals surface area contributed by atoms with E-state index >= 15 is 0 Å². The van der Waals surface area contributed by atoms with Gasteiger partial charge >= 0.3 is 0 Å². The number of carbonyl (C=O) groups is 1. The van der Waals surface area contributed by atoms with E-state index < -0.39 is 0 Å². The molecule has 0 fully saturated rings. The minimum atomic E-state index is -0.123. The number of nitrogens with one attached hydrogen (secondary N) is 1. The van der Waals surface area contributed by atoms with Crippen LogP contribution >= 0.6 is 0 Å². The normalized spacial score (nSPS) is 12.0. The monoisotopic (exact) mass is 237 g/mol. The Labute approximate surface area is 102 Å². The Morgan fingerprint density at radius 2 is 2.12 bits per heavy atom. The Morgan fingerprint density at radius 1 is 1.41 bits per heavy atom. The molecule has 0 aliphatic carbocycles. The molecule has 1 aromatic rings. The number of benzene rings is 1. The molecule has 0 heterocycles. The molecule has 0 bridgehead atoms. The lowest BCUT2D eigenvalue weighted by atomic mass is 9.97. The summed E-state index contributed by atoms with van der Waals surface area (Å²) in [5.74, 6) is 0.602. The van der Waals surface area contributed by atoms with Crippen LogP contribution in [0.3, 0.4) is 0 Å². The van der Waals surface area contributed by atoms with Gasteiger partial charge in [0, 0.05) is 5.92 Å². The summed E-state index contributed by atoms with van der Waals surface area (Å²) in [6, 6.07) is 5.87. The van der Waals surface area contributed by atoms with E-state index in [2.05, 4.69) is 10.3 Å². The molecule has 1 rings (SSSR count). The Bertz CT molecular complexity index is 390. The van der Waals surface area contributed by atoms with E-state index in [1.807, 2.05) is 32.0 Å². The third-order valence-corrected chi connectivity index (χ3v) is 2.73. The second kappa shape index (κ2) is 6.25. The molecule has 0 saturated heterocycles. The summed E-state index contributed by atoms with van der Waals surface area (Å²) in [6.45, 7) is 3.89. The van der Waals surface area contributed by atoms with E-state index in [-0.39, 0.29) is 11.8 Å². The average molecular weight is 237 g/mol. The summed E-state index contributed by atoms with van der Waals surface area (Å²) in [5, 5.41) is 0. The van der Waals surface area contributed by atoms with E-state index in [9.17, 15) is 4.79 Å². The highest BCUT2D eigenvalue weighted by Crippen LogP contribution is 2.19. The number of methoxy groups -OCH3 is 1. The van der Waals surface area contributed by atoms with Gasteiger partial charge in [0.1, 0.15) is 5.75 Å². The number of hydroxylamine groups is 1. The number of rotatable bonds is 5. The van der Waals surface area contributed by atoms with Crippen molar-refractivity contribution in [3.63, 3.8) is 0 Å². The molecule has 1 amide bonds. The number of hydrogen-bond acceptors (Lipinski definition) is 3. The molecule has 0 aromatic heterocycles. The Balaban J connectivity index is 2.71.